The number of nitro groups is 1. The molecule has 0 aliphatic carbocycles. The first-order valence-electron chi connectivity index (χ1n) is 5.92. The summed E-state index contributed by atoms with van der Waals surface area (Å²) in [6.07, 6.45) is 0. The molecule has 20 heavy (non-hydrogen) atoms. The van der Waals surface area contributed by atoms with Crippen LogP contribution in [0.4, 0.5) is 11.5 Å². The molecule has 0 unspecified atom stereocenters. The monoisotopic (exact) mass is 274 g/mol. The fourth-order valence-corrected chi connectivity index (χ4v) is 1.82. The molecule has 0 saturated carbocycles. The lowest BCUT2D eigenvalue weighted by atomic mass is 10.2. The number of nitrogens with zero attached hydrogens (tertiary/aromatic N) is 2. The van der Waals surface area contributed by atoms with E-state index in [2.05, 4.69) is 5.32 Å². The average molecular weight is 274 g/mol. The van der Waals surface area contributed by atoms with E-state index >= 15 is 0 Å². The van der Waals surface area contributed by atoms with Gasteiger partial charge in [-0.15, -0.1) is 0 Å². The van der Waals surface area contributed by atoms with Crippen LogP contribution in [-0.2, 0) is 13.6 Å². The molecule has 1 aromatic heterocycles. The van der Waals surface area contributed by atoms with Gasteiger partial charge in [-0.2, -0.15) is 0 Å². The number of nitrogen functional groups attached to an aromatic ring is 1. The van der Waals surface area contributed by atoms with E-state index in [0.717, 1.165) is 5.56 Å². The van der Waals surface area contributed by atoms with Crippen molar-refractivity contribution < 1.29 is 9.72 Å². The highest BCUT2D eigenvalue weighted by Crippen LogP contribution is 2.15. The Balaban J connectivity index is 2.05. The number of hydrogen-bond donors (Lipinski definition) is 2. The van der Waals surface area contributed by atoms with Crippen LogP contribution >= 0.6 is 0 Å². The lowest BCUT2D eigenvalue weighted by Crippen LogP contribution is -2.25. The van der Waals surface area contributed by atoms with E-state index in [4.69, 9.17) is 5.73 Å². The van der Waals surface area contributed by atoms with E-state index in [9.17, 15) is 14.9 Å². The van der Waals surface area contributed by atoms with Crippen LogP contribution in [0, 0.1) is 10.1 Å². The predicted octanol–water partition coefficient (Wildman–Crippen LogP) is 1.45. The summed E-state index contributed by atoms with van der Waals surface area (Å²) in [5.41, 5.74) is 7.36. The summed E-state index contributed by atoms with van der Waals surface area (Å²) in [7, 11) is 1.48. The maximum atomic E-state index is 12.0. The summed E-state index contributed by atoms with van der Waals surface area (Å²) in [6, 6.07) is 9.84. The SMILES string of the molecule is Cn1c(C(=O)NCc2ccc(N)cc2)ccc1[N+](=O)[O-]. The largest absolute Gasteiger partial charge is 0.399 e. The Morgan fingerprint density at radius 1 is 1.30 bits per heavy atom. The molecule has 0 bridgehead atoms. The zero-order valence-corrected chi connectivity index (χ0v) is 10.9. The Bertz CT molecular complexity index is 646. The second kappa shape index (κ2) is 5.43. The van der Waals surface area contributed by atoms with Crippen molar-refractivity contribution in [2.24, 2.45) is 7.05 Å². The number of benzene rings is 1. The summed E-state index contributed by atoms with van der Waals surface area (Å²) >= 11 is 0. The maximum absolute atomic E-state index is 12.0. The number of nitrogens with two attached hydrogens (primary N) is 1. The second-order valence-electron chi connectivity index (χ2n) is 4.32. The number of amides is 1. The Kier molecular flexibility index (Phi) is 3.69. The summed E-state index contributed by atoms with van der Waals surface area (Å²) in [5, 5.41) is 13.4. The third-order valence-corrected chi connectivity index (χ3v) is 2.95. The standard InChI is InChI=1S/C13H14N4O3/c1-16-11(6-7-12(16)17(19)20)13(18)15-8-9-2-4-10(14)5-3-9/h2-7H,8,14H2,1H3,(H,15,18). The zero-order chi connectivity index (χ0) is 14.7. The number of rotatable bonds is 4. The molecule has 0 aliphatic heterocycles. The van der Waals surface area contributed by atoms with Gasteiger partial charge in [-0.25, -0.2) is 4.57 Å². The number of carbonyl (C=O) groups excluding carboxylic acids is 1. The molecule has 0 spiro atoms. The first kappa shape index (κ1) is 13.6. The highest BCUT2D eigenvalue weighted by Gasteiger charge is 2.20. The molecule has 1 heterocycles. The normalized spacial score (nSPS) is 10.2. The molecular formula is C13H14N4O3. The molecule has 0 aliphatic rings. The van der Waals surface area contributed by atoms with Crippen LogP contribution in [0.2, 0.25) is 0 Å². The summed E-state index contributed by atoms with van der Waals surface area (Å²) < 4.78 is 1.25. The van der Waals surface area contributed by atoms with Crippen LogP contribution in [0.25, 0.3) is 0 Å². The van der Waals surface area contributed by atoms with Crippen LogP contribution in [-0.4, -0.2) is 15.4 Å². The fourth-order valence-electron chi connectivity index (χ4n) is 1.82. The molecule has 0 atom stereocenters. The lowest BCUT2D eigenvalue weighted by Gasteiger charge is -2.05. The Morgan fingerprint density at radius 2 is 1.95 bits per heavy atom. The number of nitrogens with one attached hydrogen (secondary N) is 1. The van der Waals surface area contributed by atoms with E-state index in [1.165, 1.54) is 23.7 Å². The van der Waals surface area contributed by atoms with Gasteiger partial charge in [-0.3, -0.25) is 4.79 Å². The topological polar surface area (TPSA) is 103 Å². The van der Waals surface area contributed by atoms with Crippen molar-refractivity contribution in [3.63, 3.8) is 0 Å². The second-order valence-corrected chi connectivity index (χ2v) is 4.32. The van der Waals surface area contributed by atoms with Crippen LogP contribution in [0.15, 0.2) is 36.4 Å². The molecule has 0 saturated heterocycles. The van der Waals surface area contributed by atoms with Crippen LogP contribution < -0.4 is 11.1 Å². The fraction of sp³-hybridized carbons (Fsp3) is 0.154. The maximum Gasteiger partial charge on any atom is 0.323 e. The Hall–Kier alpha value is -2.83. The average Bonchev–Trinajstić information content (AvgIpc) is 2.80. The number of aromatic nitrogens is 1. The first-order chi connectivity index (χ1) is 9.49. The van der Waals surface area contributed by atoms with Gasteiger partial charge in [-0.05, 0) is 28.7 Å². The van der Waals surface area contributed by atoms with E-state index < -0.39 is 4.92 Å². The van der Waals surface area contributed by atoms with Crippen molar-refractivity contribution in [3.05, 3.63) is 57.8 Å². The van der Waals surface area contributed by atoms with E-state index in [1.54, 1.807) is 12.1 Å². The number of hydrogen-bond acceptors (Lipinski definition) is 4. The van der Waals surface area contributed by atoms with E-state index in [0.29, 0.717) is 12.2 Å². The molecule has 7 heteroatoms. The van der Waals surface area contributed by atoms with E-state index in [1.807, 2.05) is 12.1 Å². The molecule has 1 amide bonds. The Labute approximate surface area is 115 Å². The number of anilines is 1. The third-order valence-electron chi connectivity index (χ3n) is 2.95. The van der Waals surface area contributed by atoms with Gasteiger partial charge < -0.3 is 21.2 Å². The zero-order valence-electron chi connectivity index (χ0n) is 10.9. The van der Waals surface area contributed by atoms with Gasteiger partial charge in [0.05, 0.1) is 7.05 Å². The molecule has 104 valence electrons. The van der Waals surface area contributed by atoms with Gasteiger partial charge in [0.2, 0.25) is 0 Å². The summed E-state index contributed by atoms with van der Waals surface area (Å²) in [5.74, 6) is -0.486. The molecular weight excluding hydrogens is 260 g/mol. The van der Waals surface area contributed by atoms with Crippen molar-refractivity contribution in [1.82, 2.24) is 9.88 Å². The molecule has 2 rings (SSSR count). The van der Waals surface area contributed by atoms with Gasteiger partial charge in [0.15, 0.2) is 5.69 Å². The minimum absolute atomic E-state index is 0.123. The van der Waals surface area contributed by atoms with Crippen LogP contribution in [0.5, 0.6) is 0 Å². The van der Waals surface area contributed by atoms with Crippen LogP contribution in [0.1, 0.15) is 16.1 Å². The highest BCUT2D eigenvalue weighted by molar-refractivity contribution is 5.93. The van der Waals surface area contributed by atoms with E-state index in [-0.39, 0.29) is 17.4 Å². The quantitative estimate of drug-likeness (QED) is 0.500. The van der Waals surface area contributed by atoms with Crippen molar-refractivity contribution in [2.45, 2.75) is 6.54 Å². The molecule has 3 N–H and O–H groups in total. The Morgan fingerprint density at radius 3 is 2.50 bits per heavy atom. The minimum Gasteiger partial charge on any atom is -0.399 e. The minimum atomic E-state index is -0.531. The predicted molar refractivity (Wildman–Crippen MR) is 74.1 cm³/mol. The van der Waals surface area contributed by atoms with Crippen LogP contribution in [0.3, 0.4) is 0 Å². The molecule has 7 nitrogen and oxygen atoms in total. The van der Waals surface area contributed by atoms with Gasteiger partial charge in [-0.1, -0.05) is 12.1 Å². The van der Waals surface area contributed by atoms with Crippen molar-refractivity contribution in [3.8, 4) is 0 Å². The van der Waals surface area contributed by atoms with Gasteiger partial charge in [0, 0.05) is 18.3 Å². The summed E-state index contributed by atoms with van der Waals surface area (Å²) in [6.45, 7) is 0.331. The molecule has 0 radical (unpaired) electrons. The molecule has 0 fully saturated rings. The lowest BCUT2D eigenvalue weighted by molar-refractivity contribution is -0.391. The van der Waals surface area contributed by atoms with Gasteiger partial charge >= 0.3 is 5.82 Å². The van der Waals surface area contributed by atoms with Gasteiger partial charge in [0.25, 0.3) is 5.91 Å². The number of carbonyl (C=O) groups is 1. The summed E-state index contributed by atoms with van der Waals surface area (Å²) in [4.78, 5) is 22.1. The van der Waals surface area contributed by atoms with Crippen molar-refractivity contribution >= 4 is 17.4 Å². The third kappa shape index (κ3) is 2.77. The van der Waals surface area contributed by atoms with Crippen molar-refractivity contribution in [2.75, 3.05) is 5.73 Å². The van der Waals surface area contributed by atoms with Gasteiger partial charge in [0.1, 0.15) is 0 Å². The first-order valence-corrected chi connectivity index (χ1v) is 5.92. The molecule has 1 aromatic carbocycles. The molecule has 2 aromatic rings. The van der Waals surface area contributed by atoms with Crippen molar-refractivity contribution in [1.29, 1.82) is 0 Å². The highest BCUT2D eigenvalue weighted by atomic mass is 16.6. The smallest absolute Gasteiger partial charge is 0.323 e.